The van der Waals surface area contributed by atoms with E-state index >= 15 is 0 Å². The fourth-order valence-corrected chi connectivity index (χ4v) is 1.62. The summed E-state index contributed by atoms with van der Waals surface area (Å²) in [5, 5.41) is 5.82. The van der Waals surface area contributed by atoms with Crippen molar-refractivity contribution in [2.75, 3.05) is 6.54 Å². The van der Waals surface area contributed by atoms with Crippen LogP contribution in [-0.4, -0.2) is 11.5 Å². The Morgan fingerprint density at radius 2 is 2.00 bits per heavy atom. The van der Waals surface area contributed by atoms with E-state index < -0.39 is 0 Å². The lowest BCUT2D eigenvalue weighted by atomic mass is 10.1. The summed E-state index contributed by atoms with van der Waals surface area (Å²) in [6.07, 6.45) is 3.10. The van der Waals surface area contributed by atoms with E-state index in [4.69, 9.17) is 0 Å². The monoisotopic (exact) mass is 200 g/mol. The Bertz CT molecular complexity index is 437. The minimum Gasteiger partial charge on any atom is -0.311 e. The van der Waals surface area contributed by atoms with E-state index in [1.165, 1.54) is 10.8 Å². The zero-order valence-corrected chi connectivity index (χ0v) is 9.03. The van der Waals surface area contributed by atoms with Crippen LogP contribution < -0.4 is 5.32 Å². The average Bonchev–Trinajstić information content (AvgIpc) is 2.29. The first-order valence-corrected chi connectivity index (χ1v) is 5.44. The van der Waals surface area contributed by atoms with Crippen molar-refractivity contribution in [1.29, 1.82) is 0 Å². The Morgan fingerprint density at radius 3 is 2.80 bits per heavy atom. The lowest BCUT2D eigenvalue weighted by molar-refractivity contribution is 0.665. The van der Waals surface area contributed by atoms with Crippen molar-refractivity contribution in [3.8, 4) is 0 Å². The molecular formula is C13H16N2. The lowest BCUT2D eigenvalue weighted by Crippen LogP contribution is -2.14. The molecule has 0 aliphatic rings. The van der Waals surface area contributed by atoms with Gasteiger partial charge < -0.3 is 5.32 Å². The molecule has 0 spiro atoms. The van der Waals surface area contributed by atoms with Crippen molar-refractivity contribution in [2.24, 2.45) is 0 Å². The summed E-state index contributed by atoms with van der Waals surface area (Å²) in [4.78, 5) is 4.42. The molecule has 0 bridgehead atoms. The van der Waals surface area contributed by atoms with Crippen LogP contribution in [0, 0.1) is 0 Å². The number of rotatable bonds is 4. The molecule has 0 amide bonds. The quantitative estimate of drug-likeness (QED) is 0.768. The lowest BCUT2D eigenvalue weighted by Gasteiger charge is -2.03. The first kappa shape index (κ1) is 10.1. The van der Waals surface area contributed by atoms with Crippen molar-refractivity contribution in [3.63, 3.8) is 0 Å². The first-order valence-electron chi connectivity index (χ1n) is 5.44. The predicted octanol–water partition coefficient (Wildman–Crippen LogP) is 2.73. The second-order valence-corrected chi connectivity index (χ2v) is 3.70. The third kappa shape index (κ3) is 2.54. The molecule has 0 fully saturated rings. The second kappa shape index (κ2) is 4.89. The first-order chi connectivity index (χ1) is 7.40. The molecule has 1 aromatic heterocycles. The molecule has 2 rings (SSSR count). The molecule has 0 saturated heterocycles. The fourth-order valence-electron chi connectivity index (χ4n) is 1.62. The highest BCUT2D eigenvalue weighted by Gasteiger charge is 1.96. The second-order valence-electron chi connectivity index (χ2n) is 3.70. The van der Waals surface area contributed by atoms with Gasteiger partial charge in [0.15, 0.2) is 0 Å². The Hall–Kier alpha value is -1.41. The third-order valence-corrected chi connectivity index (χ3v) is 2.42. The molecule has 0 aliphatic carbocycles. The molecule has 2 nitrogen and oxygen atoms in total. The number of nitrogens with one attached hydrogen (secondary N) is 1. The smallest absolute Gasteiger partial charge is 0.0548 e. The van der Waals surface area contributed by atoms with Gasteiger partial charge in [-0.05, 0) is 24.4 Å². The zero-order valence-electron chi connectivity index (χ0n) is 9.03. The summed E-state index contributed by atoms with van der Waals surface area (Å²) in [5.74, 6) is 0. The van der Waals surface area contributed by atoms with Gasteiger partial charge in [-0.2, -0.15) is 0 Å². The number of hydrogen-bond donors (Lipinski definition) is 1. The highest BCUT2D eigenvalue weighted by molar-refractivity contribution is 5.81. The highest BCUT2D eigenvalue weighted by atomic mass is 14.9. The van der Waals surface area contributed by atoms with Crippen molar-refractivity contribution in [3.05, 3.63) is 42.2 Å². The van der Waals surface area contributed by atoms with Crippen LogP contribution in [0.15, 0.2) is 36.5 Å². The molecular weight excluding hydrogens is 184 g/mol. The molecule has 78 valence electrons. The number of aromatic nitrogens is 1. The van der Waals surface area contributed by atoms with Crippen LogP contribution in [0.1, 0.15) is 19.0 Å². The number of nitrogens with zero attached hydrogens (tertiary/aromatic N) is 1. The van der Waals surface area contributed by atoms with Gasteiger partial charge in [0.1, 0.15) is 0 Å². The van der Waals surface area contributed by atoms with E-state index in [0.29, 0.717) is 0 Å². The molecule has 0 aliphatic heterocycles. The highest BCUT2D eigenvalue weighted by Crippen LogP contribution is 2.12. The minimum atomic E-state index is 0.860. The average molecular weight is 200 g/mol. The number of hydrogen-bond acceptors (Lipinski definition) is 2. The normalized spacial score (nSPS) is 10.7. The third-order valence-electron chi connectivity index (χ3n) is 2.42. The Balaban J connectivity index is 2.16. The molecule has 0 atom stereocenters. The molecule has 0 saturated carbocycles. The van der Waals surface area contributed by atoms with Crippen LogP contribution in [0.2, 0.25) is 0 Å². The van der Waals surface area contributed by atoms with Gasteiger partial charge in [0.25, 0.3) is 0 Å². The van der Waals surface area contributed by atoms with Crippen LogP contribution in [0.25, 0.3) is 10.8 Å². The molecule has 1 heterocycles. The van der Waals surface area contributed by atoms with Crippen LogP contribution in [0.5, 0.6) is 0 Å². The van der Waals surface area contributed by atoms with Gasteiger partial charge in [-0.15, -0.1) is 0 Å². The van der Waals surface area contributed by atoms with E-state index in [2.05, 4.69) is 41.5 Å². The maximum atomic E-state index is 4.42. The maximum Gasteiger partial charge on any atom is 0.0548 e. The van der Waals surface area contributed by atoms with Crippen LogP contribution in [0.4, 0.5) is 0 Å². The van der Waals surface area contributed by atoms with Gasteiger partial charge >= 0.3 is 0 Å². The van der Waals surface area contributed by atoms with E-state index in [1.54, 1.807) is 0 Å². The molecule has 0 radical (unpaired) electrons. The van der Waals surface area contributed by atoms with E-state index in [0.717, 1.165) is 25.2 Å². The van der Waals surface area contributed by atoms with Gasteiger partial charge in [0, 0.05) is 18.1 Å². The molecule has 15 heavy (non-hydrogen) atoms. The Labute approximate surface area is 90.3 Å². The summed E-state index contributed by atoms with van der Waals surface area (Å²) in [6, 6.07) is 10.5. The fraction of sp³-hybridized carbons (Fsp3) is 0.308. The standard InChI is InChI=1S/C13H16N2/c1-2-7-14-10-13-8-11-5-3-4-6-12(11)9-15-13/h3-6,8-9,14H,2,7,10H2,1H3. The van der Waals surface area contributed by atoms with Gasteiger partial charge in [-0.25, -0.2) is 0 Å². The minimum absolute atomic E-state index is 0.860. The van der Waals surface area contributed by atoms with Crippen molar-refractivity contribution >= 4 is 10.8 Å². The summed E-state index contributed by atoms with van der Waals surface area (Å²) in [5.41, 5.74) is 1.11. The van der Waals surface area contributed by atoms with Crippen LogP contribution in [-0.2, 0) is 6.54 Å². The van der Waals surface area contributed by atoms with E-state index in [1.807, 2.05) is 12.3 Å². The molecule has 1 aromatic carbocycles. The summed E-state index contributed by atoms with van der Waals surface area (Å²) in [7, 11) is 0. The number of fused-ring (bicyclic) bond motifs is 1. The van der Waals surface area contributed by atoms with Crippen molar-refractivity contribution < 1.29 is 0 Å². The number of pyridine rings is 1. The summed E-state index contributed by atoms with van der Waals surface area (Å²) >= 11 is 0. The van der Waals surface area contributed by atoms with E-state index in [9.17, 15) is 0 Å². The van der Waals surface area contributed by atoms with Gasteiger partial charge in [0.2, 0.25) is 0 Å². The van der Waals surface area contributed by atoms with Gasteiger partial charge in [-0.1, -0.05) is 31.2 Å². The summed E-state index contributed by atoms with van der Waals surface area (Å²) < 4.78 is 0. The molecule has 2 aromatic rings. The van der Waals surface area contributed by atoms with E-state index in [-0.39, 0.29) is 0 Å². The predicted molar refractivity (Wildman–Crippen MR) is 63.7 cm³/mol. The largest absolute Gasteiger partial charge is 0.311 e. The summed E-state index contributed by atoms with van der Waals surface area (Å²) in [6.45, 7) is 4.08. The van der Waals surface area contributed by atoms with Gasteiger partial charge in [-0.3, -0.25) is 4.98 Å². The Morgan fingerprint density at radius 1 is 1.20 bits per heavy atom. The van der Waals surface area contributed by atoms with Crippen LogP contribution in [0.3, 0.4) is 0 Å². The molecule has 2 heteroatoms. The van der Waals surface area contributed by atoms with Gasteiger partial charge in [0.05, 0.1) is 5.69 Å². The topological polar surface area (TPSA) is 24.9 Å². The molecule has 0 unspecified atom stereocenters. The SMILES string of the molecule is CCCNCc1cc2ccccc2cn1. The number of benzene rings is 1. The van der Waals surface area contributed by atoms with Crippen molar-refractivity contribution in [1.82, 2.24) is 10.3 Å². The van der Waals surface area contributed by atoms with Crippen molar-refractivity contribution in [2.45, 2.75) is 19.9 Å². The zero-order chi connectivity index (χ0) is 10.5. The Kier molecular flexibility index (Phi) is 3.30. The molecule has 1 N–H and O–H groups in total. The maximum absolute atomic E-state index is 4.42. The van der Waals surface area contributed by atoms with Crippen LogP contribution >= 0.6 is 0 Å².